The minimum atomic E-state index is -0.591. The average molecular weight is 454 g/mol. The lowest BCUT2D eigenvalue weighted by Crippen LogP contribution is -2.53. The van der Waals surface area contributed by atoms with Crippen molar-refractivity contribution in [2.75, 3.05) is 33.3 Å². The van der Waals surface area contributed by atoms with Gasteiger partial charge in [-0.1, -0.05) is 12.1 Å². The van der Waals surface area contributed by atoms with Gasteiger partial charge in [0.15, 0.2) is 11.2 Å². The van der Waals surface area contributed by atoms with Crippen molar-refractivity contribution >= 4 is 23.0 Å². The van der Waals surface area contributed by atoms with E-state index in [0.717, 1.165) is 10.1 Å². The monoisotopic (exact) mass is 454 g/mol. The van der Waals surface area contributed by atoms with Crippen molar-refractivity contribution in [1.82, 2.24) is 28.5 Å². The molecule has 4 rings (SSSR count). The largest absolute Gasteiger partial charge is 0.497 e. The van der Waals surface area contributed by atoms with Gasteiger partial charge in [0.25, 0.3) is 5.56 Å². The van der Waals surface area contributed by atoms with Crippen molar-refractivity contribution in [2.45, 2.75) is 13.0 Å². The SMILES string of the molecule is COc1cccc(CC(=O)N2CCN(C(=O)Cn3c(=O)c4c(ncn4C)n(C)c3=O)CC2)c1. The number of carbonyl (C=O) groups excluding carboxylic acids is 2. The molecule has 11 nitrogen and oxygen atoms in total. The van der Waals surface area contributed by atoms with Gasteiger partial charge >= 0.3 is 5.69 Å². The van der Waals surface area contributed by atoms with Gasteiger partial charge in [-0.25, -0.2) is 14.3 Å². The summed E-state index contributed by atoms with van der Waals surface area (Å²) in [6, 6.07) is 7.36. The number of benzene rings is 1. The Morgan fingerprint density at radius 2 is 1.70 bits per heavy atom. The van der Waals surface area contributed by atoms with Crippen molar-refractivity contribution in [3.8, 4) is 5.75 Å². The Balaban J connectivity index is 1.41. The second-order valence-electron chi connectivity index (χ2n) is 8.05. The van der Waals surface area contributed by atoms with Crippen LogP contribution in [-0.4, -0.2) is 73.6 Å². The summed E-state index contributed by atoms with van der Waals surface area (Å²) in [5, 5.41) is 0. The van der Waals surface area contributed by atoms with Gasteiger partial charge in [0.05, 0.1) is 19.9 Å². The number of hydrogen-bond donors (Lipinski definition) is 0. The maximum Gasteiger partial charge on any atom is 0.332 e. The maximum atomic E-state index is 12.9. The average Bonchev–Trinajstić information content (AvgIpc) is 3.22. The summed E-state index contributed by atoms with van der Waals surface area (Å²) in [5.41, 5.74) is 0.260. The first-order chi connectivity index (χ1) is 15.8. The number of methoxy groups -OCH3 is 1. The third kappa shape index (κ3) is 4.26. The molecule has 0 spiro atoms. The second kappa shape index (κ2) is 8.93. The molecule has 0 N–H and O–H groups in total. The van der Waals surface area contributed by atoms with Crippen molar-refractivity contribution in [2.24, 2.45) is 14.1 Å². The quantitative estimate of drug-likeness (QED) is 0.507. The maximum absolute atomic E-state index is 12.9. The van der Waals surface area contributed by atoms with E-state index in [9.17, 15) is 19.2 Å². The molecule has 1 saturated heterocycles. The molecular weight excluding hydrogens is 428 g/mol. The van der Waals surface area contributed by atoms with E-state index in [-0.39, 0.29) is 35.9 Å². The van der Waals surface area contributed by atoms with Crippen LogP contribution in [0, 0.1) is 0 Å². The van der Waals surface area contributed by atoms with Crippen molar-refractivity contribution < 1.29 is 14.3 Å². The van der Waals surface area contributed by atoms with Crippen molar-refractivity contribution in [3.05, 3.63) is 57.0 Å². The molecular formula is C22H26N6O5. The molecule has 11 heteroatoms. The van der Waals surface area contributed by atoms with Crippen LogP contribution >= 0.6 is 0 Å². The number of hydrogen-bond acceptors (Lipinski definition) is 6. The number of nitrogens with zero attached hydrogens (tertiary/aromatic N) is 6. The molecule has 0 radical (unpaired) electrons. The molecule has 3 heterocycles. The number of amides is 2. The lowest BCUT2D eigenvalue weighted by atomic mass is 10.1. The van der Waals surface area contributed by atoms with Crippen LogP contribution in [0.3, 0.4) is 0 Å². The fraction of sp³-hybridized carbons (Fsp3) is 0.409. The fourth-order valence-corrected chi connectivity index (χ4v) is 4.05. The first kappa shape index (κ1) is 22.3. The van der Waals surface area contributed by atoms with E-state index in [0.29, 0.717) is 31.9 Å². The summed E-state index contributed by atoms with van der Waals surface area (Å²) in [5.74, 6) is 0.333. The molecule has 0 unspecified atom stereocenters. The number of piperazine rings is 1. The van der Waals surface area contributed by atoms with E-state index in [1.54, 1.807) is 24.0 Å². The van der Waals surface area contributed by atoms with Gasteiger partial charge in [-0.15, -0.1) is 0 Å². The third-order valence-electron chi connectivity index (χ3n) is 5.97. The van der Waals surface area contributed by atoms with Crippen LogP contribution < -0.4 is 16.0 Å². The van der Waals surface area contributed by atoms with Gasteiger partial charge < -0.3 is 19.1 Å². The Morgan fingerprint density at radius 1 is 1.03 bits per heavy atom. The van der Waals surface area contributed by atoms with E-state index in [2.05, 4.69) is 4.98 Å². The summed E-state index contributed by atoms with van der Waals surface area (Å²) in [6.07, 6.45) is 1.71. The van der Waals surface area contributed by atoms with Crippen LogP contribution in [0.2, 0.25) is 0 Å². The normalized spacial score (nSPS) is 14.0. The van der Waals surface area contributed by atoms with E-state index >= 15 is 0 Å². The van der Waals surface area contributed by atoms with Crippen LogP contribution in [0.5, 0.6) is 5.75 Å². The molecule has 1 aromatic carbocycles. The highest BCUT2D eigenvalue weighted by Gasteiger charge is 2.26. The zero-order valence-corrected chi connectivity index (χ0v) is 18.9. The summed E-state index contributed by atoms with van der Waals surface area (Å²) >= 11 is 0. The lowest BCUT2D eigenvalue weighted by Gasteiger charge is -2.35. The minimum Gasteiger partial charge on any atom is -0.497 e. The number of fused-ring (bicyclic) bond motifs is 1. The zero-order chi connectivity index (χ0) is 23.7. The van der Waals surface area contributed by atoms with E-state index in [1.165, 1.54) is 22.5 Å². The summed E-state index contributed by atoms with van der Waals surface area (Å²) in [7, 11) is 4.76. The summed E-state index contributed by atoms with van der Waals surface area (Å²) in [6.45, 7) is 1.10. The van der Waals surface area contributed by atoms with Gasteiger partial charge in [0, 0.05) is 40.3 Å². The molecule has 2 amide bonds. The van der Waals surface area contributed by atoms with Gasteiger partial charge in [-0.05, 0) is 17.7 Å². The molecule has 3 aromatic rings. The Kier molecular flexibility index (Phi) is 6.03. The number of rotatable bonds is 5. The molecule has 1 aliphatic rings. The van der Waals surface area contributed by atoms with E-state index in [1.807, 2.05) is 24.3 Å². The highest BCUT2D eigenvalue weighted by atomic mass is 16.5. The Bertz CT molecular complexity index is 1330. The van der Waals surface area contributed by atoms with Crippen LogP contribution in [0.25, 0.3) is 11.2 Å². The van der Waals surface area contributed by atoms with Gasteiger partial charge in [0.1, 0.15) is 12.3 Å². The molecule has 0 bridgehead atoms. The zero-order valence-electron chi connectivity index (χ0n) is 18.9. The van der Waals surface area contributed by atoms with Crippen molar-refractivity contribution in [1.29, 1.82) is 0 Å². The number of ether oxygens (including phenoxy) is 1. The van der Waals surface area contributed by atoms with Gasteiger partial charge in [-0.3, -0.25) is 19.0 Å². The molecule has 33 heavy (non-hydrogen) atoms. The van der Waals surface area contributed by atoms with Gasteiger partial charge in [-0.2, -0.15) is 0 Å². The standard InChI is InChI=1S/C22H26N6O5/c1-24-14-23-20-19(24)21(31)28(22(32)25(20)2)13-18(30)27-9-7-26(8-10-27)17(29)12-15-5-4-6-16(11-15)33-3/h4-6,11,14H,7-10,12-13H2,1-3H3. The Hall–Kier alpha value is -3.89. The number of carbonyl (C=O) groups is 2. The fourth-order valence-electron chi connectivity index (χ4n) is 4.05. The predicted molar refractivity (Wildman–Crippen MR) is 120 cm³/mol. The second-order valence-corrected chi connectivity index (χ2v) is 8.05. The third-order valence-corrected chi connectivity index (χ3v) is 5.97. The van der Waals surface area contributed by atoms with Crippen LogP contribution in [0.4, 0.5) is 0 Å². The highest BCUT2D eigenvalue weighted by Crippen LogP contribution is 2.14. The summed E-state index contributed by atoms with van der Waals surface area (Å²) in [4.78, 5) is 58.4. The highest BCUT2D eigenvalue weighted by molar-refractivity contribution is 5.80. The predicted octanol–water partition coefficient (Wildman–Crippen LogP) is -0.644. The number of aryl methyl sites for hydroxylation is 2. The Morgan fingerprint density at radius 3 is 2.36 bits per heavy atom. The molecule has 174 valence electrons. The molecule has 1 fully saturated rings. The van der Waals surface area contributed by atoms with E-state index in [4.69, 9.17) is 4.74 Å². The first-order valence-electron chi connectivity index (χ1n) is 10.6. The molecule has 0 saturated carbocycles. The van der Waals surface area contributed by atoms with E-state index < -0.39 is 11.2 Å². The van der Waals surface area contributed by atoms with Crippen LogP contribution in [-0.2, 0) is 36.6 Å². The first-order valence-corrected chi connectivity index (χ1v) is 10.6. The molecule has 1 aliphatic heterocycles. The summed E-state index contributed by atoms with van der Waals surface area (Å²) < 4.78 is 8.93. The molecule has 2 aromatic heterocycles. The Labute approximate surface area is 189 Å². The number of imidazole rings is 1. The van der Waals surface area contributed by atoms with Crippen LogP contribution in [0.15, 0.2) is 40.2 Å². The smallest absolute Gasteiger partial charge is 0.332 e. The van der Waals surface area contributed by atoms with Crippen molar-refractivity contribution in [3.63, 3.8) is 0 Å². The minimum absolute atomic E-state index is 0.0258. The molecule has 0 aliphatic carbocycles. The number of aromatic nitrogens is 4. The van der Waals surface area contributed by atoms with Crippen LogP contribution in [0.1, 0.15) is 5.56 Å². The molecule has 0 atom stereocenters. The van der Waals surface area contributed by atoms with Gasteiger partial charge in [0.2, 0.25) is 11.8 Å². The lowest BCUT2D eigenvalue weighted by molar-refractivity contribution is -0.139. The topological polar surface area (TPSA) is 112 Å².